The largest absolute Gasteiger partial charge is 0.330 e. The molecule has 0 fully saturated rings. The van der Waals surface area contributed by atoms with Gasteiger partial charge < -0.3 is 5.73 Å². The first-order valence-electron chi connectivity index (χ1n) is 4.44. The molecule has 0 radical (unpaired) electrons. The van der Waals surface area contributed by atoms with Crippen LogP contribution < -0.4 is 5.73 Å². The highest BCUT2D eigenvalue weighted by atomic mass is 35.5. The van der Waals surface area contributed by atoms with Crippen molar-refractivity contribution < 1.29 is 0 Å². The molecule has 1 heterocycles. The highest BCUT2D eigenvalue weighted by Crippen LogP contribution is 2.15. The Hall–Kier alpha value is -0.600. The van der Waals surface area contributed by atoms with E-state index in [2.05, 4.69) is 11.9 Å². The lowest BCUT2D eigenvalue weighted by molar-refractivity contribution is 0.584. The predicted octanol–water partition coefficient (Wildman–Crippen LogP) is 2.18. The Labute approximate surface area is 84.1 Å². The van der Waals surface area contributed by atoms with Crippen LogP contribution in [-0.4, -0.2) is 11.5 Å². The van der Waals surface area contributed by atoms with E-state index in [0.717, 1.165) is 22.7 Å². The van der Waals surface area contributed by atoms with Crippen LogP contribution in [-0.2, 0) is 6.42 Å². The first-order valence-corrected chi connectivity index (χ1v) is 4.82. The zero-order valence-corrected chi connectivity index (χ0v) is 8.80. The zero-order valence-electron chi connectivity index (χ0n) is 8.05. The summed E-state index contributed by atoms with van der Waals surface area (Å²) in [5.74, 6) is 0.480. The minimum absolute atomic E-state index is 0.480. The van der Waals surface area contributed by atoms with E-state index in [-0.39, 0.29) is 0 Å². The topological polar surface area (TPSA) is 38.9 Å². The van der Waals surface area contributed by atoms with Crippen LogP contribution in [0.2, 0.25) is 5.02 Å². The summed E-state index contributed by atoms with van der Waals surface area (Å²) in [7, 11) is 0. The molecule has 0 saturated heterocycles. The van der Waals surface area contributed by atoms with Gasteiger partial charge in [-0.3, -0.25) is 4.98 Å². The summed E-state index contributed by atoms with van der Waals surface area (Å²) < 4.78 is 0. The molecule has 0 aliphatic rings. The monoisotopic (exact) mass is 198 g/mol. The molecule has 1 atom stereocenters. The van der Waals surface area contributed by atoms with Crippen LogP contribution in [0.15, 0.2) is 12.3 Å². The van der Waals surface area contributed by atoms with Gasteiger partial charge in [0.15, 0.2) is 0 Å². The molecule has 2 nitrogen and oxygen atoms in total. The molecule has 3 heteroatoms. The fourth-order valence-corrected chi connectivity index (χ4v) is 1.25. The van der Waals surface area contributed by atoms with Gasteiger partial charge in [0.25, 0.3) is 0 Å². The lowest BCUT2D eigenvalue weighted by atomic mass is 10.0. The molecule has 1 aromatic heterocycles. The maximum Gasteiger partial charge on any atom is 0.0618 e. The Kier molecular flexibility index (Phi) is 3.70. The van der Waals surface area contributed by atoms with E-state index in [1.807, 2.05) is 13.0 Å². The fraction of sp³-hybridized carbons (Fsp3) is 0.500. The molecular formula is C10H15ClN2. The van der Waals surface area contributed by atoms with Crippen LogP contribution in [0.25, 0.3) is 0 Å². The van der Waals surface area contributed by atoms with Crippen molar-refractivity contribution in [3.8, 4) is 0 Å². The van der Waals surface area contributed by atoms with Crippen molar-refractivity contribution in [3.63, 3.8) is 0 Å². The van der Waals surface area contributed by atoms with Crippen molar-refractivity contribution in [2.24, 2.45) is 11.7 Å². The third-order valence-corrected chi connectivity index (χ3v) is 2.46. The van der Waals surface area contributed by atoms with Gasteiger partial charge in [-0.2, -0.15) is 0 Å². The van der Waals surface area contributed by atoms with Crippen molar-refractivity contribution in [1.82, 2.24) is 4.98 Å². The molecule has 0 amide bonds. The standard InChI is InChI=1S/C10H15ClN2/c1-7(5-12)3-9-4-8(2)10(11)6-13-9/h4,6-7H,3,5,12H2,1-2H3. The van der Waals surface area contributed by atoms with Crippen LogP contribution in [0.1, 0.15) is 18.2 Å². The summed E-state index contributed by atoms with van der Waals surface area (Å²) in [6, 6.07) is 2.02. The van der Waals surface area contributed by atoms with E-state index in [1.165, 1.54) is 0 Å². The number of aryl methyl sites for hydroxylation is 1. The van der Waals surface area contributed by atoms with E-state index in [0.29, 0.717) is 12.5 Å². The second kappa shape index (κ2) is 4.58. The number of rotatable bonds is 3. The number of nitrogens with zero attached hydrogens (tertiary/aromatic N) is 1. The molecule has 0 aliphatic carbocycles. The summed E-state index contributed by atoms with van der Waals surface area (Å²) >= 11 is 5.86. The van der Waals surface area contributed by atoms with Crippen molar-refractivity contribution in [2.45, 2.75) is 20.3 Å². The number of nitrogens with two attached hydrogens (primary N) is 1. The van der Waals surface area contributed by atoms with Gasteiger partial charge in [0.1, 0.15) is 0 Å². The summed E-state index contributed by atoms with van der Waals surface area (Å²) in [5, 5.41) is 0.726. The van der Waals surface area contributed by atoms with E-state index < -0.39 is 0 Å². The minimum atomic E-state index is 0.480. The molecule has 0 saturated carbocycles. The van der Waals surface area contributed by atoms with E-state index in [9.17, 15) is 0 Å². The maximum atomic E-state index is 5.86. The fourth-order valence-electron chi connectivity index (χ4n) is 1.15. The number of pyridine rings is 1. The SMILES string of the molecule is Cc1cc(CC(C)CN)ncc1Cl. The first kappa shape index (κ1) is 10.5. The van der Waals surface area contributed by atoms with Gasteiger partial charge in [-0.25, -0.2) is 0 Å². The molecule has 0 bridgehead atoms. The van der Waals surface area contributed by atoms with Gasteiger partial charge in [0.2, 0.25) is 0 Å². The second-order valence-electron chi connectivity index (χ2n) is 3.47. The summed E-state index contributed by atoms with van der Waals surface area (Å²) in [5.41, 5.74) is 7.68. The average Bonchev–Trinajstić information content (AvgIpc) is 2.11. The predicted molar refractivity (Wildman–Crippen MR) is 55.9 cm³/mol. The van der Waals surface area contributed by atoms with Gasteiger partial charge in [0.05, 0.1) is 5.02 Å². The van der Waals surface area contributed by atoms with E-state index >= 15 is 0 Å². The second-order valence-corrected chi connectivity index (χ2v) is 3.88. The molecule has 2 N–H and O–H groups in total. The Bertz CT molecular complexity index is 286. The number of halogens is 1. The molecule has 0 spiro atoms. The molecule has 1 rings (SSSR count). The smallest absolute Gasteiger partial charge is 0.0618 e. The summed E-state index contributed by atoms with van der Waals surface area (Å²) in [4.78, 5) is 4.24. The molecule has 1 aromatic rings. The number of hydrogen-bond acceptors (Lipinski definition) is 2. The number of aromatic nitrogens is 1. The zero-order chi connectivity index (χ0) is 9.84. The van der Waals surface area contributed by atoms with Crippen molar-refractivity contribution in [2.75, 3.05) is 6.54 Å². The summed E-state index contributed by atoms with van der Waals surface area (Å²) in [6.07, 6.45) is 2.63. The Morgan fingerprint density at radius 1 is 1.62 bits per heavy atom. The highest BCUT2D eigenvalue weighted by molar-refractivity contribution is 6.31. The van der Waals surface area contributed by atoms with Crippen LogP contribution in [0.5, 0.6) is 0 Å². The lowest BCUT2D eigenvalue weighted by Gasteiger charge is -2.08. The van der Waals surface area contributed by atoms with Gasteiger partial charge in [-0.05, 0) is 37.4 Å². The maximum absolute atomic E-state index is 5.86. The molecule has 72 valence electrons. The Morgan fingerprint density at radius 2 is 2.31 bits per heavy atom. The molecule has 0 aromatic carbocycles. The lowest BCUT2D eigenvalue weighted by Crippen LogP contribution is -2.13. The van der Waals surface area contributed by atoms with Crippen molar-refractivity contribution in [3.05, 3.63) is 28.5 Å². The molecule has 0 aliphatic heterocycles. The van der Waals surface area contributed by atoms with Crippen LogP contribution in [0.3, 0.4) is 0 Å². The quantitative estimate of drug-likeness (QED) is 0.809. The molecule has 1 unspecified atom stereocenters. The normalized spacial score (nSPS) is 12.9. The van der Waals surface area contributed by atoms with Crippen LogP contribution in [0, 0.1) is 12.8 Å². The number of hydrogen-bond donors (Lipinski definition) is 1. The third kappa shape index (κ3) is 2.98. The van der Waals surface area contributed by atoms with E-state index in [4.69, 9.17) is 17.3 Å². The highest BCUT2D eigenvalue weighted by Gasteiger charge is 2.03. The first-order chi connectivity index (χ1) is 6.13. The third-order valence-electron chi connectivity index (χ3n) is 2.06. The van der Waals surface area contributed by atoms with Crippen molar-refractivity contribution >= 4 is 11.6 Å². The van der Waals surface area contributed by atoms with Gasteiger partial charge in [0, 0.05) is 11.9 Å². The Balaban J connectivity index is 2.73. The van der Waals surface area contributed by atoms with Crippen LogP contribution >= 0.6 is 11.6 Å². The molecule has 13 heavy (non-hydrogen) atoms. The van der Waals surface area contributed by atoms with Gasteiger partial charge in [-0.1, -0.05) is 18.5 Å². The average molecular weight is 199 g/mol. The molecular weight excluding hydrogens is 184 g/mol. The Morgan fingerprint density at radius 3 is 2.85 bits per heavy atom. The van der Waals surface area contributed by atoms with E-state index in [1.54, 1.807) is 6.20 Å². The van der Waals surface area contributed by atoms with Crippen molar-refractivity contribution in [1.29, 1.82) is 0 Å². The van der Waals surface area contributed by atoms with Gasteiger partial charge in [-0.15, -0.1) is 0 Å². The summed E-state index contributed by atoms with van der Waals surface area (Å²) in [6.45, 7) is 4.80. The minimum Gasteiger partial charge on any atom is -0.330 e. The van der Waals surface area contributed by atoms with Gasteiger partial charge >= 0.3 is 0 Å². The van der Waals surface area contributed by atoms with Crippen LogP contribution in [0.4, 0.5) is 0 Å².